The summed E-state index contributed by atoms with van der Waals surface area (Å²) in [7, 11) is 1.74. The van der Waals surface area contributed by atoms with E-state index in [4.69, 9.17) is 14.2 Å². The van der Waals surface area contributed by atoms with Gasteiger partial charge in [-0.2, -0.15) is 0 Å². The molecule has 0 radical (unpaired) electrons. The number of aromatic nitrogens is 2. The number of fused-ring (bicyclic) bond motifs is 3. The van der Waals surface area contributed by atoms with Gasteiger partial charge in [-0.3, -0.25) is 14.5 Å². The van der Waals surface area contributed by atoms with Gasteiger partial charge >= 0.3 is 18.2 Å². The maximum Gasteiger partial charge on any atom is 0.410 e. The molecule has 3 aliphatic rings. The van der Waals surface area contributed by atoms with Crippen molar-refractivity contribution >= 4 is 23.9 Å². The Morgan fingerprint density at radius 3 is 2.31 bits per heavy atom. The van der Waals surface area contributed by atoms with Crippen molar-refractivity contribution in [3.63, 3.8) is 0 Å². The van der Waals surface area contributed by atoms with E-state index < -0.39 is 17.2 Å². The molecule has 1 aromatic heterocycles. The minimum Gasteiger partial charge on any atom is -0.457 e. The molecule has 11 heteroatoms. The average molecular weight is 713 g/mol. The van der Waals surface area contributed by atoms with Gasteiger partial charge in [0, 0.05) is 31.6 Å². The van der Waals surface area contributed by atoms with Gasteiger partial charge in [-0.25, -0.2) is 14.6 Å². The first kappa shape index (κ1) is 37.1. The van der Waals surface area contributed by atoms with Gasteiger partial charge in [0.2, 0.25) is 0 Å². The van der Waals surface area contributed by atoms with Crippen LogP contribution in [0.15, 0.2) is 42.6 Å². The van der Waals surface area contributed by atoms with Crippen molar-refractivity contribution in [1.82, 2.24) is 19.8 Å². The Morgan fingerprint density at radius 1 is 0.904 bits per heavy atom. The zero-order chi connectivity index (χ0) is 37.4. The van der Waals surface area contributed by atoms with Gasteiger partial charge in [0.15, 0.2) is 12.4 Å². The summed E-state index contributed by atoms with van der Waals surface area (Å²) >= 11 is 0. The zero-order valence-corrected chi connectivity index (χ0v) is 31.5. The minimum absolute atomic E-state index is 0.0140. The van der Waals surface area contributed by atoms with Crippen molar-refractivity contribution in [1.29, 1.82) is 0 Å². The second-order valence-corrected chi connectivity index (χ2v) is 16.5. The first-order valence-electron chi connectivity index (χ1n) is 18.5. The summed E-state index contributed by atoms with van der Waals surface area (Å²) in [5, 5.41) is 0. The van der Waals surface area contributed by atoms with E-state index in [1.807, 2.05) is 65.9 Å². The maximum absolute atomic E-state index is 13.1. The molecule has 0 bridgehead atoms. The van der Waals surface area contributed by atoms with Gasteiger partial charge < -0.3 is 24.1 Å². The van der Waals surface area contributed by atoms with Crippen LogP contribution >= 0.6 is 0 Å². The van der Waals surface area contributed by atoms with Crippen molar-refractivity contribution in [2.24, 2.45) is 5.92 Å². The molecular weight excluding hydrogens is 660 g/mol. The summed E-state index contributed by atoms with van der Waals surface area (Å²) in [6.45, 7) is 11.5. The predicted octanol–water partition coefficient (Wildman–Crippen LogP) is 8.07. The van der Waals surface area contributed by atoms with Crippen molar-refractivity contribution in [3.05, 3.63) is 65.1 Å². The molecule has 1 aliphatic heterocycles. The van der Waals surface area contributed by atoms with Crippen LogP contribution in [-0.2, 0) is 31.8 Å². The number of ether oxygens (including phenoxy) is 3. The number of likely N-dealkylation sites (tertiary alicyclic amines) is 1. The molecule has 0 spiro atoms. The Labute approximate surface area is 306 Å². The lowest BCUT2D eigenvalue weighted by molar-refractivity contribution is -0.143. The number of carbonyl (C=O) groups excluding carboxylic acids is 4. The Hall–Kier alpha value is -4.67. The van der Waals surface area contributed by atoms with Crippen LogP contribution in [0.1, 0.15) is 113 Å². The van der Waals surface area contributed by atoms with E-state index in [-0.39, 0.29) is 49.0 Å². The van der Waals surface area contributed by atoms with Crippen molar-refractivity contribution < 1.29 is 33.4 Å². The molecule has 2 aromatic carbocycles. The lowest BCUT2D eigenvalue weighted by Gasteiger charge is -2.28. The monoisotopic (exact) mass is 712 g/mol. The van der Waals surface area contributed by atoms with Crippen LogP contribution in [0.25, 0.3) is 22.4 Å². The third-order valence-electron chi connectivity index (χ3n) is 10.2. The van der Waals surface area contributed by atoms with Gasteiger partial charge in [-0.05, 0) is 132 Å². The predicted molar refractivity (Wildman–Crippen MR) is 197 cm³/mol. The average Bonchev–Trinajstić information content (AvgIpc) is 3.86. The highest BCUT2D eigenvalue weighted by atomic mass is 16.6. The third-order valence-corrected chi connectivity index (χ3v) is 10.2. The SMILES string of the molecule is CN(C(=O)OC(C)(C)C)C1CC[C@H](CC(=O)OCC(=O)c2ccc3c(c2)CCc2cc(-c4cnc([C@@H]5CCCN5C(=O)OC(C)(C)C)[nH]4)ccc2-3)C1. The number of hydrogen-bond donors (Lipinski definition) is 1. The standard InChI is InChI=1S/C41H52N4O7/c1-40(2,3)51-38(48)44(7)30-15-10-25(19-30)20-36(47)50-24-35(46)29-14-17-32-27(22-29)12-11-26-21-28(13-16-31(26)32)33-23-42-37(43-33)34-9-8-18-45(34)39(49)52-41(4,5)6/h13-14,16-17,21-23,25,30,34H,8-12,15,18-20,24H2,1-7H3,(H,42,43)/t25-,30?,34-/m0/s1. The fraction of sp³-hybridized carbons (Fsp3) is 0.537. The molecule has 1 N–H and O–H groups in total. The normalized spacial score (nSPS) is 19.8. The molecular formula is C41H52N4O7. The number of hydrogen-bond acceptors (Lipinski definition) is 8. The number of esters is 1. The summed E-state index contributed by atoms with van der Waals surface area (Å²) in [4.78, 5) is 62.6. The molecule has 2 aliphatic carbocycles. The molecule has 2 amide bonds. The van der Waals surface area contributed by atoms with E-state index in [2.05, 4.69) is 28.2 Å². The van der Waals surface area contributed by atoms with Crippen molar-refractivity contribution in [2.45, 2.75) is 116 Å². The smallest absolute Gasteiger partial charge is 0.410 e. The number of H-pyrrole nitrogens is 1. The second-order valence-electron chi connectivity index (χ2n) is 16.5. The van der Waals surface area contributed by atoms with Crippen LogP contribution in [-0.4, -0.2) is 81.2 Å². The molecule has 2 heterocycles. The number of amides is 2. The van der Waals surface area contributed by atoms with Gasteiger partial charge in [0.1, 0.15) is 17.0 Å². The molecule has 52 heavy (non-hydrogen) atoms. The molecule has 6 rings (SSSR count). The van der Waals surface area contributed by atoms with E-state index in [1.54, 1.807) is 16.8 Å². The number of aryl methyl sites for hydroxylation is 2. The summed E-state index contributed by atoms with van der Waals surface area (Å²) < 4.78 is 16.6. The number of rotatable bonds is 8. The summed E-state index contributed by atoms with van der Waals surface area (Å²) in [6.07, 6.45) is 7.03. The Kier molecular flexibility index (Phi) is 10.5. The maximum atomic E-state index is 13.1. The largest absolute Gasteiger partial charge is 0.457 e. The number of benzene rings is 2. The van der Waals surface area contributed by atoms with Crippen LogP contribution in [0.3, 0.4) is 0 Å². The first-order valence-corrected chi connectivity index (χ1v) is 18.5. The molecule has 2 fully saturated rings. The topological polar surface area (TPSA) is 131 Å². The zero-order valence-electron chi connectivity index (χ0n) is 31.5. The molecule has 3 atom stereocenters. The van der Waals surface area contributed by atoms with Crippen molar-refractivity contribution in [3.8, 4) is 22.4 Å². The van der Waals surface area contributed by atoms with E-state index in [1.165, 1.54) is 5.56 Å². The Bertz CT molecular complexity index is 1830. The summed E-state index contributed by atoms with van der Waals surface area (Å²) in [5.74, 6) is 0.238. The van der Waals surface area contributed by atoms with Gasteiger partial charge in [-0.15, -0.1) is 0 Å². The van der Waals surface area contributed by atoms with Crippen molar-refractivity contribution in [2.75, 3.05) is 20.2 Å². The number of carbonyl (C=O) groups is 4. The molecule has 11 nitrogen and oxygen atoms in total. The van der Waals surface area contributed by atoms with E-state index in [0.717, 1.165) is 72.3 Å². The Morgan fingerprint density at radius 2 is 1.60 bits per heavy atom. The van der Waals surface area contributed by atoms with Crippen LogP contribution < -0.4 is 0 Å². The minimum atomic E-state index is -0.565. The number of imidazole rings is 1. The fourth-order valence-corrected chi connectivity index (χ4v) is 7.57. The summed E-state index contributed by atoms with van der Waals surface area (Å²) in [6, 6.07) is 12.0. The van der Waals surface area contributed by atoms with Gasteiger partial charge in [0.25, 0.3) is 0 Å². The number of Topliss-reactive ketones (excluding diaryl/α,β-unsaturated/α-hetero) is 1. The van der Waals surface area contributed by atoms with Gasteiger partial charge in [0.05, 0.1) is 17.9 Å². The van der Waals surface area contributed by atoms with E-state index >= 15 is 0 Å². The quantitative estimate of drug-likeness (QED) is 0.141. The molecule has 1 saturated carbocycles. The van der Waals surface area contributed by atoms with E-state index in [0.29, 0.717) is 18.5 Å². The van der Waals surface area contributed by atoms with Gasteiger partial charge in [-0.1, -0.05) is 24.3 Å². The Balaban J connectivity index is 1.03. The lowest BCUT2D eigenvalue weighted by atomic mass is 9.83. The van der Waals surface area contributed by atoms with Crippen LogP contribution in [0.2, 0.25) is 0 Å². The number of aromatic amines is 1. The fourth-order valence-electron chi connectivity index (χ4n) is 7.57. The molecule has 1 saturated heterocycles. The summed E-state index contributed by atoms with van der Waals surface area (Å²) in [5.41, 5.74) is 5.88. The molecule has 278 valence electrons. The highest BCUT2D eigenvalue weighted by Crippen LogP contribution is 2.38. The first-order chi connectivity index (χ1) is 24.5. The van der Waals surface area contributed by atoms with Crippen LogP contribution in [0, 0.1) is 5.92 Å². The highest BCUT2D eigenvalue weighted by Gasteiger charge is 2.36. The molecule has 1 unspecified atom stereocenters. The highest BCUT2D eigenvalue weighted by molar-refractivity contribution is 5.99. The lowest BCUT2D eigenvalue weighted by Crippen LogP contribution is -2.39. The van der Waals surface area contributed by atoms with E-state index in [9.17, 15) is 19.2 Å². The number of nitrogens with zero attached hydrogens (tertiary/aromatic N) is 3. The van der Waals surface area contributed by atoms with Crippen LogP contribution in [0.4, 0.5) is 9.59 Å². The van der Waals surface area contributed by atoms with Crippen LogP contribution in [0.5, 0.6) is 0 Å². The number of ketones is 1. The second kappa shape index (κ2) is 14.8. The number of nitrogens with one attached hydrogen (secondary N) is 1. The molecule has 3 aromatic rings. The third kappa shape index (κ3) is 8.68.